The number of unbranched alkanes of at least 4 members (excludes halogenated alkanes) is 10. The van der Waals surface area contributed by atoms with Crippen LogP contribution in [-0.2, 0) is 6.42 Å². The molecule has 188 valence electrons. The first-order chi connectivity index (χ1) is 16.5. The Kier molecular flexibility index (Phi) is 12.7. The molecule has 0 bridgehead atoms. The van der Waals surface area contributed by atoms with Crippen LogP contribution in [0.5, 0.6) is 5.75 Å². The molecule has 34 heavy (non-hydrogen) atoms. The second kappa shape index (κ2) is 15.5. The molecule has 2 aromatic rings. The van der Waals surface area contributed by atoms with Crippen molar-refractivity contribution in [1.29, 1.82) is 0 Å². The van der Waals surface area contributed by atoms with Gasteiger partial charge in [0.2, 0.25) is 5.82 Å². The normalized spacial score (nSPS) is 11.1. The van der Waals surface area contributed by atoms with Gasteiger partial charge in [0.25, 0.3) is 0 Å². The number of carboxylic acid groups (broad SMARTS) is 1. The van der Waals surface area contributed by atoms with Crippen molar-refractivity contribution in [1.82, 2.24) is 0 Å². The van der Waals surface area contributed by atoms with E-state index in [1.807, 2.05) is 24.3 Å². The number of halogens is 2. The highest BCUT2D eigenvalue weighted by Gasteiger charge is 2.24. The molecule has 3 nitrogen and oxygen atoms in total. The van der Waals surface area contributed by atoms with Gasteiger partial charge in [-0.1, -0.05) is 102 Å². The molecule has 0 saturated carbocycles. The van der Waals surface area contributed by atoms with Crippen LogP contribution in [-0.4, -0.2) is 17.7 Å². The first-order valence-corrected chi connectivity index (χ1v) is 13.0. The Morgan fingerprint density at radius 3 is 1.94 bits per heavy atom. The molecule has 0 amide bonds. The summed E-state index contributed by atoms with van der Waals surface area (Å²) < 4.78 is 34.9. The van der Waals surface area contributed by atoms with E-state index in [0.717, 1.165) is 44.9 Å². The summed E-state index contributed by atoms with van der Waals surface area (Å²) in [6, 6.07) is 8.80. The number of carboxylic acids is 1. The van der Waals surface area contributed by atoms with Gasteiger partial charge in [0.1, 0.15) is 0 Å². The summed E-state index contributed by atoms with van der Waals surface area (Å²) >= 11 is 0. The number of aryl methyl sites for hydroxylation is 1. The van der Waals surface area contributed by atoms with Gasteiger partial charge in [-0.3, -0.25) is 0 Å². The lowest BCUT2D eigenvalue weighted by atomic mass is 9.98. The van der Waals surface area contributed by atoms with Gasteiger partial charge in [0, 0.05) is 5.56 Å². The van der Waals surface area contributed by atoms with Crippen molar-refractivity contribution in [3.8, 4) is 16.9 Å². The molecule has 0 radical (unpaired) electrons. The van der Waals surface area contributed by atoms with E-state index in [0.29, 0.717) is 5.56 Å². The Hall–Kier alpha value is -2.43. The van der Waals surface area contributed by atoms with Crippen molar-refractivity contribution < 1.29 is 23.4 Å². The van der Waals surface area contributed by atoms with E-state index in [4.69, 9.17) is 4.74 Å². The van der Waals surface area contributed by atoms with Gasteiger partial charge >= 0.3 is 5.97 Å². The fourth-order valence-electron chi connectivity index (χ4n) is 4.14. The molecule has 0 heterocycles. The third kappa shape index (κ3) is 8.73. The second-order valence-corrected chi connectivity index (χ2v) is 9.06. The van der Waals surface area contributed by atoms with Crippen LogP contribution in [0, 0.1) is 11.6 Å². The van der Waals surface area contributed by atoms with Crippen LogP contribution in [0.15, 0.2) is 30.3 Å². The Bertz CT molecular complexity index is 878. The maximum Gasteiger partial charge on any atom is 0.338 e. The number of ether oxygens (including phenoxy) is 1. The first kappa shape index (κ1) is 27.8. The second-order valence-electron chi connectivity index (χ2n) is 9.06. The van der Waals surface area contributed by atoms with Crippen LogP contribution in [0.1, 0.15) is 107 Å². The summed E-state index contributed by atoms with van der Waals surface area (Å²) in [5.74, 6) is -4.33. The van der Waals surface area contributed by atoms with Gasteiger partial charge in [-0.2, -0.15) is 4.39 Å². The maximum absolute atomic E-state index is 14.9. The van der Waals surface area contributed by atoms with Gasteiger partial charge in [0.15, 0.2) is 11.6 Å². The molecule has 0 saturated heterocycles. The van der Waals surface area contributed by atoms with Crippen molar-refractivity contribution in [2.45, 2.75) is 97.3 Å². The lowest BCUT2D eigenvalue weighted by Gasteiger charge is -2.15. The van der Waals surface area contributed by atoms with Crippen LogP contribution < -0.4 is 4.74 Å². The maximum atomic E-state index is 14.9. The summed E-state index contributed by atoms with van der Waals surface area (Å²) in [5, 5.41) is 9.34. The summed E-state index contributed by atoms with van der Waals surface area (Å²) in [5.41, 5.74) is 1.38. The summed E-state index contributed by atoms with van der Waals surface area (Å²) in [4.78, 5) is 11.5. The van der Waals surface area contributed by atoms with E-state index >= 15 is 0 Å². The monoisotopic (exact) mass is 474 g/mol. The number of aromatic carboxylic acids is 1. The molecule has 5 heteroatoms. The van der Waals surface area contributed by atoms with Gasteiger partial charge < -0.3 is 9.84 Å². The fraction of sp³-hybridized carbons (Fsp3) is 0.552. The zero-order chi connectivity index (χ0) is 24.8. The van der Waals surface area contributed by atoms with Crippen LogP contribution in [0.4, 0.5) is 8.78 Å². The van der Waals surface area contributed by atoms with Gasteiger partial charge in [-0.15, -0.1) is 0 Å². The molecule has 0 atom stereocenters. The van der Waals surface area contributed by atoms with Crippen LogP contribution in [0.25, 0.3) is 11.1 Å². The molecule has 1 N–H and O–H groups in total. The predicted octanol–water partition coefficient (Wildman–Crippen LogP) is 8.97. The van der Waals surface area contributed by atoms with Crippen molar-refractivity contribution in [2.24, 2.45) is 0 Å². The van der Waals surface area contributed by atoms with E-state index < -0.39 is 23.2 Å². The van der Waals surface area contributed by atoms with Gasteiger partial charge in [0.05, 0.1) is 12.2 Å². The summed E-state index contributed by atoms with van der Waals surface area (Å²) in [7, 11) is 0. The Morgan fingerprint density at radius 1 is 0.794 bits per heavy atom. The topological polar surface area (TPSA) is 46.5 Å². The Balaban J connectivity index is 2.11. The fourth-order valence-corrected chi connectivity index (χ4v) is 4.14. The smallest absolute Gasteiger partial charge is 0.338 e. The highest BCUT2D eigenvalue weighted by molar-refractivity contribution is 5.91. The number of rotatable bonds is 17. The zero-order valence-electron chi connectivity index (χ0n) is 20.8. The Morgan fingerprint density at radius 2 is 1.35 bits per heavy atom. The van der Waals surface area contributed by atoms with Crippen LogP contribution >= 0.6 is 0 Å². The molecule has 0 unspecified atom stereocenters. The van der Waals surface area contributed by atoms with Crippen molar-refractivity contribution >= 4 is 5.97 Å². The third-order valence-electron chi connectivity index (χ3n) is 6.22. The van der Waals surface area contributed by atoms with Crippen molar-refractivity contribution in [3.05, 3.63) is 53.1 Å². The van der Waals surface area contributed by atoms with Gasteiger partial charge in [-0.05, 0) is 36.5 Å². The molecular formula is C29H40F2O3. The molecular weight excluding hydrogens is 434 g/mol. The average molecular weight is 475 g/mol. The zero-order valence-corrected chi connectivity index (χ0v) is 20.8. The average Bonchev–Trinajstić information content (AvgIpc) is 2.83. The van der Waals surface area contributed by atoms with E-state index in [-0.39, 0.29) is 17.9 Å². The highest BCUT2D eigenvalue weighted by Crippen LogP contribution is 2.36. The largest absolute Gasteiger partial charge is 0.490 e. The molecule has 0 spiro atoms. The first-order valence-electron chi connectivity index (χ1n) is 13.0. The molecule has 0 aliphatic rings. The third-order valence-corrected chi connectivity index (χ3v) is 6.22. The van der Waals surface area contributed by atoms with Gasteiger partial charge in [-0.25, -0.2) is 9.18 Å². The van der Waals surface area contributed by atoms with E-state index in [1.54, 1.807) is 0 Å². The lowest BCUT2D eigenvalue weighted by Crippen LogP contribution is -2.08. The Labute approximate surface area is 203 Å². The van der Waals surface area contributed by atoms with E-state index in [2.05, 4.69) is 13.8 Å². The summed E-state index contributed by atoms with van der Waals surface area (Å²) in [6.45, 7) is 4.63. The van der Waals surface area contributed by atoms with Crippen LogP contribution in [0.2, 0.25) is 0 Å². The SMILES string of the molecule is CCCCCCCCOc1c(-c2ccc(CCCCCCCC)cc2)cc(C(=O)O)c(F)c1F. The molecule has 2 rings (SSSR count). The highest BCUT2D eigenvalue weighted by atomic mass is 19.2. The quantitative estimate of drug-likeness (QED) is 0.233. The molecule has 2 aromatic carbocycles. The minimum absolute atomic E-state index is 0.209. The lowest BCUT2D eigenvalue weighted by molar-refractivity contribution is 0.0690. The molecule has 0 fully saturated rings. The van der Waals surface area contributed by atoms with Crippen molar-refractivity contribution in [2.75, 3.05) is 6.61 Å². The number of hydrogen-bond acceptors (Lipinski definition) is 2. The summed E-state index contributed by atoms with van der Waals surface area (Å²) in [6.07, 6.45) is 14.6. The molecule has 0 aromatic heterocycles. The van der Waals surface area contributed by atoms with E-state index in [1.165, 1.54) is 50.2 Å². The van der Waals surface area contributed by atoms with E-state index in [9.17, 15) is 18.7 Å². The standard InChI is InChI=1S/C29H40F2O3/c1-3-5-7-9-11-13-15-22-16-18-23(19-17-22)24-21-25(29(32)33)26(30)27(31)28(24)34-20-14-12-10-8-6-4-2/h16-19,21H,3-15,20H2,1-2H3,(H,32,33). The number of benzene rings is 2. The predicted molar refractivity (Wildman–Crippen MR) is 135 cm³/mol. The molecule has 0 aliphatic heterocycles. The minimum atomic E-state index is -1.50. The van der Waals surface area contributed by atoms with Crippen LogP contribution in [0.3, 0.4) is 0 Å². The minimum Gasteiger partial charge on any atom is -0.490 e. The molecule has 0 aliphatic carbocycles. The van der Waals surface area contributed by atoms with Crippen molar-refractivity contribution in [3.63, 3.8) is 0 Å². The number of carbonyl (C=O) groups is 1. The number of hydrogen-bond donors (Lipinski definition) is 1.